The van der Waals surface area contributed by atoms with Crippen molar-refractivity contribution in [3.8, 4) is 0 Å². The SMILES string of the molecule is O=C(Nc1ccccc1SC(F)F)c1ccccc1Nc1ccc(C(F)(F)F)cc1. The Labute approximate surface area is 173 Å². The Kier molecular flexibility index (Phi) is 6.61. The second kappa shape index (κ2) is 9.17. The quantitative estimate of drug-likeness (QED) is 0.321. The lowest BCUT2D eigenvalue weighted by Gasteiger charge is -2.14. The smallest absolute Gasteiger partial charge is 0.355 e. The highest BCUT2D eigenvalue weighted by Gasteiger charge is 2.30. The molecule has 0 aromatic heterocycles. The molecular formula is C21H15F5N2OS. The predicted molar refractivity (Wildman–Crippen MR) is 107 cm³/mol. The molecule has 0 atom stereocenters. The minimum Gasteiger partial charge on any atom is -0.355 e. The molecule has 0 aliphatic heterocycles. The van der Waals surface area contributed by atoms with E-state index in [4.69, 9.17) is 0 Å². The molecule has 1 amide bonds. The number of carbonyl (C=O) groups excluding carboxylic acids is 1. The fraction of sp³-hybridized carbons (Fsp3) is 0.0952. The Hall–Kier alpha value is -3.07. The zero-order valence-corrected chi connectivity index (χ0v) is 16.0. The minimum absolute atomic E-state index is 0.203. The van der Waals surface area contributed by atoms with Crippen LogP contribution >= 0.6 is 11.8 Å². The van der Waals surface area contributed by atoms with Crippen LogP contribution in [-0.4, -0.2) is 11.7 Å². The summed E-state index contributed by atoms with van der Waals surface area (Å²) in [6.07, 6.45) is -4.44. The van der Waals surface area contributed by atoms with Crippen molar-refractivity contribution in [1.82, 2.24) is 0 Å². The summed E-state index contributed by atoms with van der Waals surface area (Å²) in [5.41, 5.74) is 0.365. The van der Waals surface area contributed by atoms with E-state index in [1.807, 2.05) is 0 Å². The van der Waals surface area contributed by atoms with Crippen LogP contribution in [0, 0.1) is 0 Å². The number of thioether (sulfide) groups is 1. The van der Waals surface area contributed by atoms with Gasteiger partial charge in [0.05, 0.1) is 22.5 Å². The molecule has 3 nitrogen and oxygen atoms in total. The molecule has 0 fully saturated rings. The first-order valence-corrected chi connectivity index (χ1v) is 9.50. The van der Waals surface area contributed by atoms with Gasteiger partial charge in [-0.3, -0.25) is 4.79 Å². The van der Waals surface area contributed by atoms with Crippen molar-refractivity contribution in [3.05, 3.63) is 83.9 Å². The van der Waals surface area contributed by atoms with Gasteiger partial charge in [0.1, 0.15) is 0 Å². The fourth-order valence-electron chi connectivity index (χ4n) is 2.65. The number of amides is 1. The number of benzene rings is 3. The van der Waals surface area contributed by atoms with Gasteiger partial charge in [-0.1, -0.05) is 36.0 Å². The van der Waals surface area contributed by atoms with E-state index in [1.165, 1.54) is 30.3 Å². The summed E-state index contributed by atoms with van der Waals surface area (Å²) in [5.74, 6) is -3.19. The molecule has 0 spiro atoms. The van der Waals surface area contributed by atoms with Crippen molar-refractivity contribution < 1.29 is 26.7 Å². The van der Waals surface area contributed by atoms with Crippen LogP contribution in [0.1, 0.15) is 15.9 Å². The Balaban J connectivity index is 1.81. The predicted octanol–water partition coefficient (Wildman–Crippen LogP) is 7.02. The Morgan fingerprint density at radius 3 is 2.07 bits per heavy atom. The molecule has 156 valence electrons. The third-order valence-electron chi connectivity index (χ3n) is 4.01. The van der Waals surface area contributed by atoms with Crippen molar-refractivity contribution in [2.75, 3.05) is 10.6 Å². The molecule has 0 unspecified atom stereocenters. The van der Waals surface area contributed by atoms with Gasteiger partial charge in [-0.2, -0.15) is 22.0 Å². The van der Waals surface area contributed by atoms with Crippen molar-refractivity contribution in [2.24, 2.45) is 0 Å². The molecule has 0 radical (unpaired) electrons. The van der Waals surface area contributed by atoms with Gasteiger partial charge in [0, 0.05) is 10.6 Å². The lowest BCUT2D eigenvalue weighted by molar-refractivity contribution is -0.137. The number of hydrogen-bond acceptors (Lipinski definition) is 3. The molecule has 0 bridgehead atoms. The van der Waals surface area contributed by atoms with Gasteiger partial charge < -0.3 is 10.6 Å². The largest absolute Gasteiger partial charge is 0.416 e. The second-order valence-electron chi connectivity index (χ2n) is 6.07. The number of carbonyl (C=O) groups is 1. The number of hydrogen-bond donors (Lipinski definition) is 2. The molecule has 0 saturated heterocycles. The zero-order valence-electron chi connectivity index (χ0n) is 15.2. The van der Waals surface area contributed by atoms with Gasteiger partial charge in [-0.25, -0.2) is 0 Å². The molecule has 3 rings (SSSR count). The molecular weight excluding hydrogens is 423 g/mol. The Morgan fingerprint density at radius 2 is 1.43 bits per heavy atom. The highest BCUT2D eigenvalue weighted by Crippen LogP contribution is 2.33. The fourth-order valence-corrected chi connectivity index (χ4v) is 3.24. The molecule has 0 heterocycles. The maximum atomic E-state index is 12.8. The molecule has 2 N–H and O–H groups in total. The van der Waals surface area contributed by atoms with Crippen LogP contribution in [0.5, 0.6) is 0 Å². The highest BCUT2D eigenvalue weighted by atomic mass is 32.2. The van der Waals surface area contributed by atoms with Gasteiger partial charge in [-0.15, -0.1) is 0 Å². The van der Waals surface area contributed by atoms with Crippen molar-refractivity contribution in [3.63, 3.8) is 0 Å². The van der Waals surface area contributed by atoms with Crippen LogP contribution in [0.4, 0.5) is 39.0 Å². The van der Waals surface area contributed by atoms with Crippen molar-refractivity contribution >= 4 is 34.7 Å². The molecule has 3 aromatic rings. The summed E-state index contributed by atoms with van der Waals surface area (Å²) >= 11 is 0.317. The average molecular weight is 438 g/mol. The maximum Gasteiger partial charge on any atom is 0.416 e. The third-order valence-corrected chi connectivity index (χ3v) is 4.80. The van der Waals surface area contributed by atoms with Crippen LogP contribution in [-0.2, 0) is 6.18 Å². The second-order valence-corrected chi connectivity index (χ2v) is 7.11. The van der Waals surface area contributed by atoms with Gasteiger partial charge in [0.25, 0.3) is 11.7 Å². The van der Waals surface area contributed by atoms with Crippen LogP contribution < -0.4 is 10.6 Å². The number of alkyl halides is 5. The number of rotatable bonds is 6. The third kappa shape index (κ3) is 5.50. The van der Waals surface area contributed by atoms with Crippen molar-refractivity contribution in [1.29, 1.82) is 0 Å². The van der Waals surface area contributed by atoms with E-state index < -0.39 is 23.4 Å². The van der Waals surface area contributed by atoms with Crippen molar-refractivity contribution in [2.45, 2.75) is 16.8 Å². The summed E-state index contributed by atoms with van der Waals surface area (Å²) in [7, 11) is 0. The van der Waals surface area contributed by atoms with Crippen LogP contribution in [0.3, 0.4) is 0 Å². The minimum atomic E-state index is -4.44. The molecule has 0 saturated carbocycles. The molecule has 30 heavy (non-hydrogen) atoms. The van der Waals surface area contributed by atoms with Gasteiger partial charge >= 0.3 is 6.18 Å². The van der Waals surface area contributed by atoms with Gasteiger partial charge in [0.15, 0.2) is 0 Å². The van der Waals surface area contributed by atoms with E-state index in [1.54, 1.807) is 30.3 Å². The topological polar surface area (TPSA) is 41.1 Å². The number of nitrogens with one attached hydrogen (secondary N) is 2. The standard InChI is InChI=1S/C21H15F5N2OS/c22-20(23)30-18-8-4-3-7-17(18)28-19(29)15-5-1-2-6-16(15)27-14-11-9-13(10-12-14)21(24,25)26/h1-12,20,27H,(H,28,29). The zero-order chi connectivity index (χ0) is 21.7. The maximum absolute atomic E-state index is 12.8. The lowest BCUT2D eigenvalue weighted by atomic mass is 10.1. The van der Waals surface area contributed by atoms with E-state index >= 15 is 0 Å². The van der Waals surface area contributed by atoms with Crippen LogP contribution in [0.2, 0.25) is 0 Å². The number of anilines is 3. The van der Waals surface area contributed by atoms with Gasteiger partial charge in [-0.05, 0) is 48.5 Å². The number of para-hydroxylation sites is 2. The molecule has 0 aliphatic carbocycles. The van der Waals surface area contributed by atoms with E-state index in [0.717, 1.165) is 12.1 Å². The first-order valence-electron chi connectivity index (χ1n) is 8.62. The Bertz CT molecular complexity index is 1020. The first-order chi connectivity index (χ1) is 14.2. The summed E-state index contributed by atoms with van der Waals surface area (Å²) < 4.78 is 63.6. The monoisotopic (exact) mass is 438 g/mol. The van der Waals surface area contributed by atoms with E-state index in [2.05, 4.69) is 10.6 Å². The Morgan fingerprint density at radius 1 is 0.833 bits per heavy atom. The average Bonchev–Trinajstić information content (AvgIpc) is 2.69. The lowest BCUT2D eigenvalue weighted by Crippen LogP contribution is -2.14. The van der Waals surface area contributed by atoms with E-state index in [-0.39, 0.29) is 16.1 Å². The summed E-state index contributed by atoms with van der Waals surface area (Å²) in [6.45, 7) is 0. The first kappa shape index (κ1) is 21.6. The molecule has 0 aliphatic rings. The van der Waals surface area contributed by atoms with Gasteiger partial charge in [0.2, 0.25) is 0 Å². The van der Waals surface area contributed by atoms with Crippen LogP contribution in [0.25, 0.3) is 0 Å². The summed E-state index contributed by atoms with van der Waals surface area (Å²) in [4.78, 5) is 13.0. The van der Waals surface area contributed by atoms with Crippen LogP contribution in [0.15, 0.2) is 77.7 Å². The highest BCUT2D eigenvalue weighted by molar-refractivity contribution is 7.99. The summed E-state index contributed by atoms with van der Waals surface area (Å²) in [5, 5.41) is 5.52. The van der Waals surface area contributed by atoms with E-state index in [0.29, 0.717) is 23.1 Å². The summed E-state index contributed by atoms with van der Waals surface area (Å²) in [6, 6.07) is 16.9. The number of halogens is 5. The molecule has 9 heteroatoms. The molecule has 3 aromatic carbocycles. The van der Waals surface area contributed by atoms with E-state index in [9.17, 15) is 26.7 Å². The normalized spacial score (nSPS) is 11.4.